The van der Waals surface area contributed by atoms with E-state index >= 15 is 0 Å². The third-order valence-corrected chi connectivity index (χ3v) is 3.20. The molecule has 0 aliphatic carbocycles. The molecule has 0 spiro atoms. The van der Waals surface area contributed by atoms with E-state index < -0.39 is 0 Å². The monoisotopic (exact) mass is 258 g/mol. The zero-order chi connectivity index (χ0) is 13.5. The summed E-state index contributed by atoms with van der Waals surface area (Å²) in [7, 11) is 0. The molecule has 1 atom stereocenters. The summed E-state index contributed by atoms with van der Waals surface area (Å²) >= 11 is 0. The van der Waals surface area contributed by atoms with E-state index in [1.54, 1.807) is 6.26 Å². The van der Waals surface area contributed by atoms with Gasteiger partial charge in [0.1, 0.15) is 5.76 Å². The highest BCUT2D eigenvalue weighted by Crippen LogP contribution is 2.08. The maximum Gasteiger partial charge on any atom is 0.105 e. The third kappa shape index (κ3) is 4.79. The Morgan fingerprint density at radius 2 is 2.00 bits per heavy atom. The lowest BCUT2D eigenvalue weighted by Gasteiger charge is -2.12. The van der Waals surface area contributed by atoms with Gasteiger partial charge in [0.15, 0.2) is 0 Å². The van der Waals surface area contributed by atoms with Crippen LogP contribution in [0, 0.1) is 0 Å². The molecule has 0 amide bonds. The van der Waals surface area contributed by atoms with Gasteiger partial charge in [-0.1, -0.05) is 12.1 Å². The number of anilines is 1. The van der Waals surface area contributed by atoms with Gasteiger partial charge >= 0.3 is 0 Å². The topological polar surface area (TPSA) is 51.2 Å². The average Bonchev–Trinajstić information content (AvgIpc) is 2.89. The highest BCUT2D eigenvalue weighted by molar-refractivity contribution is 5.39. The van der Waals surface area contributed by atoms with E-state index in [0.717, 1.165) is 37.3 Å². The van der Waals surface area contributed by atoms with Crippen LogP contribution in [-0.2, 0) is 12.8 Å². The maximum absolute atomic E-state index is 5.66. The average molecular weight is 258 g/mol. The highest BCUT2D eigenvalue weighted by Gasteiger charge is 2.04. The molecule has 0 aliphatic rings. The van der Waals surface area contributed by atoms with Crippen LogP contribution in [0.5, 0.6) is 0 Å². The molecule has 0 saturated heterocycles. The first-order valence-corrected chi connectivity index (χ1v) is 6.84. The highest BCUT2D eigenvalue weighted by atomic mass is 16.3. The van der Waals surface area contributed by atoms with Crippen molar-refractivity contribution in [2.45, 2.75) is 32.2 Å². The van der Waals surface area contributed by atoms with E-state index in [1.165, 1.54) is 5.56 Å². The standard InChI is InChI=1S/C16H22N2O/c1-13(12-16-5-3-11-19-16)18-10-2-4-14-6-8-15(17)9-7-14/h3,5-9,11,13,18H,2,4,10,12,17H2,1H3. The summed E-state index contributed by atoms with van der Waals surface area (Å²) in [6.07, 6.45) is 4.88. The van der Waals surface area contributed by atoms with Gasteiger partial charge in [-0.2, -0.15) is 0 Å². The van der Waals surface area contributed by atoms with Crippen LogP contribution in [0.2, 0.25) is 0 Å². The van der Waals surface area contributed by atoms with Gasteiger partial charge in [-0.05, 0) is 56.1 Å². The number of furan rings is 1. The Morgan fingerprint density at radius 3 is 2.68 bits per heavy atom. The second-order valence-corrected chi connectivity index (χ2v) is 4.98. The molecule has 3 heteroatoms. The molecule has 1 unspecified atom stereocenters. The van der Waals surface area contributed by atoms with Gasteiger partial charge in [-0.3, -0.25) is 0 Å². The van der Waals surface area contributed by atoms with Crippen molar-refractivity contribution in [3.05, 3.63) is 54.0 Å². The van der Waals surface area contributed by atoms with Crippen LogP contribution in [0.3, 0.4) is 0 Å². The molecule has 1 aromatic heterocycles. The number of nitrogen functional groups attached to an aromatic ring is 1. The van der Waals surface area contributed by atoms with Crippen molar-refractivity contribution in [3.8, 4) is 0 Å². The van der Waals surface area contributed by atoms with Crippen LogP contribution in [-0.4, -0.2) is 12.6 Å². The van der Waals surface area contributed by atoms with Crippen molar-refractivity contribution in [2.75, 3.05) is 12.3 Å². The Kier molecular flexibility index (Phi) is 5.04. The first kappa shape index (κ1) is 13.7. The van der Waals surface area contributed by atoms with Crippen LogP contribution >= 0.6 is 0 Å². The van der Waals surface area contributed by atoms with E-state index in [-0.39, 0.29) is 0 Å². The van der Waals surface area contributed by atoms with E-state index in [1.807, 2.05) is 24.3 Å². The van der Waals surface area contributed by atoms with Crippen LogP contribution in [0.25, 0.3) is 0 Å². The van der Waals surface area contributed by atoms with E-state index in [2.05, 4.69) is 24.4 Å². The van der Waals surface area contributed by atoms with E-state index in [4.69, 9.17) is 10.2 Å². The number of rotatable bonds is 7. The summed E-state index contributed by atoms with van der Waals surface area (Å²) in [5.41, 5.74) is 7.83. The molecule has 2 aromatic rings. The smallest absolute Gasteiger partial charge is 0.105 e. The second-order valence-electron chi connectivity index (χ2n) is 4.98. The van der Waals surface area contributed by atoms with Crippen LogP contribution in [0.1, 0.15) is 24.7 Å². The zero-order valence-corrected chi connectivity index (χ0v) is 11.4. The lowest BCUT2D eigenvalue weighted by atomic mass is 10.1. The Hall–Kier alpha value is -1.74. The van der Waals surface area contributed by atoms with Crippen molar-refractivity contribution in [3.63, 3.8) is 0 Å². The molecule has 3 N–H and O–H groups in total. The van der Waals surface area contributed by atoms with Crippen molar-refractivity contribution in [1.29, 1.82) is 0 Å². The molecule has 0 bridgehead atoms. The Balaban J connectivity index is 1.62. The lowest BCUT2D eigenvalue weighted by Crippen LogP contribution is -2.29. The Bertz CT molecular complexity index is 462. The van der Waals surface area contributed by atoms with Gasteiger partial charge in [0.05, 0.1) is 6.26 Å². The minimum absolute atomic E-state index is 0.442. The summed E-state index contributed by atoms with van der Waals surface area (Å²) in [4.78, 5) is 0. The van der Waals surface area contributed by atoms with Gasteiger partial charge in [0.2, 0.25) is 0 Å². The maximum atomic E-state index is 5.66. The van der Waals surface area contributed by atoms with Crippen molar-refractivity contribution in [2.24, 2.45) is 0 Å². The lowest BCUT2D eigenvalue weighted by molar-refractivity contribution is 0.455. The summed E-state index contributed by atoms with van der Waals surface area (Å²) in [5.74, 6) is 1.04. The fraction of sp³-hybridized carbons (Fsp3) is 0.375. The zero-order valence-electron chi connectivity index (χ0n) is 11.4. The first-order valence-electron chi connectivity index (χ1n) is 6.84. The molecule has 3 nitrogen and oxygen atoms in total. The molecule has 1 aromatic carbocycles. The van der Waals surface area contributed by atoms with Crippen LogP contribution < -0.4 is 11.1 Å². The molecule has 0 saturated carbocycles. The third-order valence-electron chi connectivity index (χ3n) is 3.20. The van der Waals surface area contributed by atoms with E-state index in [0.29, 0.717) is 6.04 Å². The van der Waals surface area contributed by atoms with Crippen LogP contribution in [0.4, 0.5) is 5.69 Å². The summed E-state index contributed by atoms with van der Waals surface area (Å²) in [6.45, 7) is 3.21. The minimum atomic E-state index is 0.442. The number of aryl methyl sites for hydroxylation is 1. The predicted molar refractivity (Wildman–Crippen MR) is 79.1 cm³/mol. The number of nitrogens with one attached hydrogen (secondary N) is 1. The number of nitrogens with two attached hydrogens (primary N) is 1. The molecule has 0 radical (unpaired) electrons. The number of benzene rings is 1. The molecule has 102 valence electrons. The Labute approximate surface area is 114 Å². The summed E-state index contributed by atoms with van der Waals surface area (Å²) < 4.78 is 5.34. The van der Waals surface area contributed by atoms with E-state index in [9.17, 15) is 0 Å². The molecule has 1 heterocycles. The predicted octanol–water partition coefficient (Wildman–Crippen LogP) is 3.02. The largest absolute Gasteiger partial charge is 0.469 e. The molecule has 0 aliphatic heterocycles. The van der Waals surface area contributed by atoms with Gasteiger partial charge in [-0.15, -0.1) is 0 Å². The minimum Gasteiger partial charge on any atom is -0.469 e. The normalized spacial score (nSPS) is 12.5. The second kappa shape index (κ2) is 7.00. The van der Waals surface area contributed by atoms with Gasteiger partial charge in [-0.25, -0.2) is 0 Å². The Morgan fingerprint density at radius 1 is 1.21 bits per heavy atom. The summed E-state index contributed by atoms with van der Waals surface area (Å²) in [6, 6.07) is 12.5. The SMILES string of the molecule is CC(Cc1ccco1)NCCCc1ccc(N)cc1. The molecule has 19 heavy (non-hydrogen) atoms. The quantitative estimate of drug-likeness (QED) is 0.593. The molecular weight excluding hydrogens is 236 g/mol. The fourth-order valence-electron chi connectivity index (χ4n) is 2.13. The number of hydrogen-bond acceptors (Lipinski definition) is 3. The van der Waals surface area contributed by atoms with Crippen molar-refractivity contribution < 1.29 is 4.42 Å². The fourth-order valence-corrected chi connectivity index (χ4v) is 2.13. The molecule has 0 fully saturated rings. The first-order chi connectivity index (χ1) is 9.24. The van der Waals surface area contributed by atoms with Crippen LogP contribution in [0.15, 0.2) is 47.1 Å². The van der Waals surface area contributed by atoms with Gasteiger partial charge in [0.25, 0.3) is 0 Å². The molecule has 2 rings (SSSR count). The van der Waals surface area contributed by atoms with Gasteiger partial charge < -0.3 is 15.5 Å². The van der Waals surface area contributed by atoms with Gasteiger partial charge in [0, 0.05) is 18.2 Å². The summed E-state index contributed by atoms with van der Waals surface area (Å²) in [5, 5.41) is 3.52. The molecular formula is C16H22N2O. The van der Waals surface area contributed by atoms with Crippen molar-refractivity contribution >= 4 is 5.69 Å². The number of hydrogen-bond donors (Lipinski definition) is 2. The van der Waals surface area contributed by atoms with Crippen molar-refractivity contribution in [1.82, 2.24) is 5.32 Å².